The first-order chi connectivity index (χ1) is 10.4. The molecule has 2 rings (SSSR count). The minimum Gasteiger partial charge on any atom is -0.324 e. The van der Waals surface area contributed by atoms with Crippen LogP contribution in [0.25, 0.3) is 0 Å². The summed E-state index contributed by atoms with van der Waals surface area (Å²) < 4.78 is 2.14. The van der Waals surface area contributed by atoms with Gasteiger partial charge in [-0.2, -0.15) is 0 Å². The Morgan fingerprint density at radius 2 is 2.00 bits per heavy atom. The molecule has 0 spiro atoms. The summed E-state index contributed by atoms with van der Waals surface area (Å²) in [6.07, 6.45) is 1.61. The second-order valence-electron chi connectivity index (χ2n) is 5.56. The molecule has 0 aliphatic rings. The number of nitrogens with zero attached hydrogens (tertiary/aromatic N) is 1. The molecule has 1 N–H and O–H groups in total. The summed E-state index contributed by atoms with van der Waals surface area (Å²) in [7, 11) is 0. The SMILES string of the molecule is Cc1cccc(C(C)C)c1NC(=O)Cn1cc(Br)ccc1=O. The molecule has 0 bridgehead atoms. The highest BCUT2D eigenvalue weighted by atomic mass is 79.9. The molecule has 0 saturated carbocycles. The molecule has 1 aromatic heterocycles. The number of pyridine rings is 1. The molecule has 0 radical (unpaired) electrons. The Morgan fingerprint density at radius 1 is 1.27 bits per heavy atom. The first-order valence-corrected chi connectivity index (χ1v) is 7.93. The van der Waals surface area contributed by atoms with E-state index in [1.165, 1.54) is 10.6 Å². The number of amides is 1. The molecule has 0 aliphatic heterocycles. The molecule has 0 atom stereocenters. The molecular weight excluding hydrogens is 344 g/mol. The molecular formula is C17H19BrN2O2. The number of carbonyl (C=O) groups excluding carboxylic acids is 1. The van der Waals surface area contributed by atoms with Gasteiger partial charge in [-0.05, 0) is 46.0 Å². The standard InChI is InChI=1S/C17H19BrN2O2/c1-11(2)14-6-4-5-12(3)17(14)19-15(21)10-20-9-13(18)7-8-16(20)22/h4-9,11H,10H2,1-3H3,(H,19,21). The van der Waals surface area contributed by atoms with Crippen LogP contribution >= 0.6 is 15.9 Å². The van der Waals surface area contributed by atoms with Gasteiger partial charge in [0, 0.05) is 22.4 Å². The van der Waals surface area contributed by atoms with Crippen molar-refractivity contribution in [2.75, 3.05) is 5.32 Å². The number of aromatic nitrogens is 1. The number of carbonyl (C=O) groups is 1. The molecule has 4 nitrogen and oxygen atoms in total. The fourth-order valence-corrected chi connectivity index (χ4v) is 2.68. The number of anilines is 1. The number of hydrogen-bond donors (Lipinski definition) is 1. The molecule has 116 valence electrons. The van der Waals surface area contributed by atoms with Crippen LogP contribution in [-0.4, -0.2) is 10.5 Å². The molecule has 1 amide bonds. The van der Waals surface area contributed by atoms with E-state index in [2.05, 4.69) is 35.1 Å². The van der Waals surface area contributed by atoms with E-state index in [0.29, 0.717) is 5.92 Å². The Hall–Kier alpha value is -1.88. The van der Waals surface area contributed by atoms with Gasteiger partial charge in [0.2, 0.25) is 5.91 Å². The van der Waals surface area contributed by atoms with Crippen LogP contribution in [0.1, 0.15) is 30.9 Å². The Morgan fingerprint density at radius 3 is 2.68 bits per heavy atom. The fraction of sp³-hybridized carbons (Fsp3) is 0.294. The molecule has 2 aromatic rings. The molecule has 0 fully saturated rings. The average molecular weight is 363 g/mol. The molecule has 5 heteroatoms. The van der Waals surface area contributed by atoms with Crippen molar-refractivity contribution in [1.29, 1.82) is 0 Å². The van der Waals surface area contributed by atoms with Crippen LogP contribution in [0.15, 0.2) is 45.8 Å². The number of para-hydroxylation sites is 1. The maximum atomic E-state index is 12.3. The summed E-state index contributed by atoms with van der Waals surface area (Å²) in [4.78, 5) is 24.0. The summed E-state index contributed by atoms with van der Waals surface area (Å²) >= 11 is 3.30. The lowest BCUT2D eigenvalue weighted by Crippen LogP contribution is -2.27. The third-order valence-corrected chi connectivity index (χ3v) is 3.92. The van der Waals surface area contributed by atoms with E-state index in [4.69, 9.17) is 0 Å². The summed E-state index contributed by atoms with van der Waals surface area (Å²) in [5.41, 5.74) is 2.74. The highest BCUT2D eigenvalue weighted by molar-refractivity contribution is 9.10. The highest BCUT2D eigenvalue weighted by Gasteiger charge is 2.12. The van der Waals surface area contributed by atoms with E-state index in [0.717, 1.165) is 21.3 Å². The van der Waals surface area contributed by atoms with Crippen LogP contribution in [0, 0.1) is 6.92 Å². The summed E-state index contributed by atoms with van der Waals surface area (Å²) in [5, 5.41) is 2.94. The molecule has 0 aliphatic carbocycles. The van der Waals surface area contributed by atoms with Gasteiger partial charge >= 0.3 is 0 Å². The monoisotopic (exact) mass is 362 g/mol. The zero-order valence-corrected chi connectivity index (χ0v) is 14.5. The molecule has 1 aromatic carbocycles. The van der Waals surface area contributed by atoms with Crippen molar-refractivity contribution in [3.63, 3.8) is 0 Å². The van der Waals surface area contributed by atoms with Gasteiger partial charge in [0.25, 0.3) is 5.56 Å². The maximum absolute atomic E-state index is 12.3. The highest BCUT2D eigenvalue weighted by Crippen LogP contribution is 2.27. The minimum absolute atomic E-state index is 0.00978. The van der Waals surface area contributed by atoms with Gasteiger partial charge in [0.05, 0.1) is 0 Å². The van der Waals surface area contributed by atoms with E-state index < -0.39 is 0 Å². The molecule has 22 heavy (non-hydrogen) atoms. The Bertz CT molecular complexity index is 751. The van der Waals surface area contributed by atoms with Gasteiger partial charge in [0.1, 0.15) is 6.54 Å². The van der Waals surface area contributed by atoms with Crippen molar-refractivity contribution in [1.82, 2.24) is 4.57 Å². The smallest absolute Gasteiger partial charge is 0.251 e. The quantitative estimate of drug-likeness (QED) is 0.901. The lowest BCUT2D eigenvalue weighted by Gasteiger charge is -2.16. The molecule has 1 heterocycles. The number of aryl methyl sites for hydroxylation is 1. The summed E-state index contributed by atoms with van der Waals surface area (Å²) in [6, 6.07) is 9.06. The predicted octanol–water partition coefficient (Wildman–Crippen LogP) is 3.68. The summed E-state index contributed by atoms with van der Waals surface area (Å²) in [6.45, 7) is 6.13. The van der Waals surface area contributed by atoms with Crippen LogP contribution < -0.4 is 10.9 Å². The normalized spacial score (nSPS) is 10.8. The zero-order chi connectivity index (χ0) is 16.3. The lowest BCUT2D eigenvalue weighted by atomic mass is 9.98. The maximum Gasteiger partial charge on any atom is 0.251 e. The fourth-order valence-electron chi connectivity index (χ4n) is 2.30. The Kier molecular flexibility index (Phi) is 5.19. The number of nitrogens with one attached hydrogen (secondary N) is 1. The average Bonchev–Trinajstić information content (AvgIpc) is 2.44. The van der Waals surface area contributed by atoms with Crippen LogP contribution in [0.2, 0.25) is 0 Å². The Balaban J connectivity index is 2.23. The topological polar surface area (TPSA) is 51.1 Å². The van der Waals surface area contributed by atoms with E-state index in [-0.39, 0.29) is 18.0 Å². The second-order valence-corrected chi connectivity index (χ2v) is 6.47. The van der Waals surface area contributed by atoms with E-state index in [1.54, 1.807) is 12.3 Å². The second kappa shape index (κ2) is 6.92. The number of rotatable bonds is 4. The number of benzene rings is 1. The van der Waals surface area contributed by atoms with Crippen molar-refractivity contribution in [3.05, 3.63) is 62.5 Å². The third-order valence-electron chi connectivity index (χ3n) is 3.45. The van der Waals surface area contributed by atoms with Crippen molar-refractivity contribution < 1.29 is 4.79 Å². The third kappa shape index (κ3) is 3.85. The van der Waals surface area contributed by atoms with Crippen LogP contribution in [0.5, 0.6) is 0 Å². The van der Waals surface area contributed by atoms with Gasteiger partial charge < -0.3 is 9.88 Å². The van der Waals surface area contributed by atoms with Gasteiger partial charge in [-0.3, -0.25) is 9.59 Å². The van der Waals surface area contributed by atoms with Crippen molar-refractivity contribution in [2.45, 2.75) is 33.2 Å². The summed E-state index contributed by atoms with van der Waals surface area (Å²) in [5.74, 6) is 0.0974. The lowest BCUT2D eigenvalue weighted by molar-refractivity contribution is -0.116. The van der Waals surface area contributed by atoms with Gasteiger partial charge in [-0.15, -0.1) is 0 Å². The van der Waals surface area contributed by atoms with Gasteiger partial charge in [-0.25, -0.2) is 0 Å². The van der Waals surface area contributed by atoms with Crippen molar-refractivity contribution >= 4 is 27.5 Å². The van der Waals surface area contributed by atoms with Crippen LogP contribution in [-0.2, 0) is 11.3 Å². The molecule has 0 saturated heterocycles. The van der Waals surface area contributed by atoms with Crippen LogP contribution in [0.3, 0.4) is 0 Å². The number of hydrogen-bond acceptors (Lipinski definition) is 2. The first kappa shape index (κ1) is 16.5. The minimum atomic E-state index is -0.212. The van der Waals surface area contributed by atoms with E-state index >= 15 is 0 Å². The van der Waals surface area contributed by atoms with E-state index in [1.807, 2.05) is 25.1 Å². The largest absolute Gasteiger partial charge is 0.324 e. The Labute approximate surface area is 138 Å². The molecule has 0 unspecified atom stereocenters. The van der Waals surface area contributed by atoms with E-state index in [9.17, 15) is 9.59 Å². The predicted molar refractivity (Wildman–Crippen MR) is 92.3 cm³/mol. The first-order valence-electron chi connectivity index (χ1n) is 7.14. The van der Waals surface area contributed by atoms with Crippen LogP contribution in [0.4, 0.5) is 5.69 Å². The van der Waals surface area contributed by atoms with Gasteiger partial charge in [0.15, 0.2) is 0 Å². The van der Waals surface area contributed by atoms with Crippen molar-refractivity contribution in [3.8, 4) is 0 Å². The van der Waals surface area contributed by atoms with Gasteiger partial charge in [-0.1, -0.05) is 32.0 Å². The zero-order valence-electron chi connectivity index (χ0n) is 12.9. The van der Waals surface area contributed by atoms with Crippen molar-refractivity contribution in [2.24, 2.45) is 0 Å². The number of halogens is 1.